The van der Waals surface area contributed by atoms with Gasteiger partial charge in [0.1, 0.15) is 0 Å². The lowest BCUT2D eigenvalue weighted by Crippen LogP contribution is -2.08. The molecule has 0 heterocycles. The number of hydrogen-bond acceptors (Lipinski definition) is 1. The van der Waals surface area contributed by atoms with Crippen molar-refractivity contribution in [2.45, 2.75) is 13.5 Å². The van der Waals surface area contributed by atoms with E-state index in [0.29, 0.717) is 0 Å². The van der Waals surface area contributed by atoms with Crippen molar-refractivity contribution in [2.75, 3.05) is 3.11 Å². The molecular weight excluding hydrogens is 309 g/mol. The van der Waals surface area contributed by atoms with Gasteiger partial charge >= 0.3 is 0 Å². The Hall–Kier alpha value is -1.03. The van der Waals surface area contributed by atoms with Crippen LogP contribution >= 0.6 is 22.9 Å². The molecule has 16 heavy (non-hydrogen) atoms. The summed E-state index contributed by atoms with van der Waals surface area (Å²) in [7, 11) is 0. The number of benzene rings is 2. The quantitative estimate of drug-likeness (QED) is 0.599. The van der Waals surface area contributed by atoms with Crippen molar-refractivity contribution in [3.8, 4) is 0 Å². The molecule has 82 valence electrons. The highest BCUT2D eigenvalue weighted by Gasteiger charge is 2.02. The van der Waals surface area contributed by atoms with Gasteiger partial charge in [0.2, 0.25) is 0 Å². The molecule has 0 bridgehead atoms. The fourth-order valence-electron chi connectivity index (χ4n) is 1.54. The van der Waals surface area contributed by atoms with Crippen molar-refractivity contribution >= 4 is 28.6 Å². The molecule has 0 spiro atoms. The van der Waals surface area contributed by atoms with Gasteiger partial charge in [-0.2, -0.15) is 0 Å². The molecule has 2 rings (SSSR count). The van der Waals surface area contributed by atoms with E-state index >= 15 is 0 Å². The normalized spacial score (nSPS) is 10.1. The molecule has 2 aromatic carbocycles. The number of aryl methyl sites for hydroxylation is 1. The molecule has 1 nitrogen and oxygen atoms in total. The highest BCUT2D eigenvalue weighted by Crippen LogP contribution is 2.21. The van der Waals surface area contributed by atoms with E-state index in [-0.39, 0.29) is 0 Å². The Morgan fingerprint density at radius 2 is 1.56 bits per heavy atom. The predicted molar refractivity (Wildman–Crippen MR) is 77.8 cm³/mol. The summed E-state index contributed by atoms with van der Waals surface area (Å²) < 4.78 is 2.23. The number of anilines is 1. The van der Waals surface area contributed by atoms with E-state index in [4.69, 9.17) is 0 Å². The first kappa shape index (κ1) is 11.5. The smallest absolute Gasteiger partial charge is 0.0594 e. The van der Waals surface area contributed by atoms with Gasteiger partial charge < -0.3 is 3.11 Å². The topological polar surface area (TPSA) is 3.24 Å². The van der Waals surface area contributed by atoms with Gasteiger partial charge in [0.25, 0.3) is 0 Å². The molecule has 0 aliphatic heterocycles. The van der Waals surface area contributed by atoms with Crippen LogP contribution in [0.25, 0.3) is 0 Å². The van der Waals surface area contributed by atoms with E-state index < -0.39 is 0 Å². The summed E-state index contributed by atoms with van der Waals surface area (Å²) in [6.45, 7) is 3.04. The highest BCUT2D eigenvalue weighted by molar-refractivity contribution is 14.1. The molecule has 2 aromatic rings. The first-order chi connectivity index (χ1) is 7.75. The summed E-state index contributed by atoms with van der Waals surface area (Å²) in [4.78, 5) is 0. The second-order valence-corrected chi connectivity index (χ2v) is 5.01. The van der Waals surface area contributed by atoms with Crippen LogP contribution in [0.4, 0.5) is 5.69 Å². The molecule has 0 radical (unpaired) electrons. The molecule has 0 atom stereocenters. The first-order valence-electron chi connectivity index (χ1n) is 5.29. The predicted octanol–water partition coefficient (Wildman–Crippen LogP) is 4.35. The van der Waals surface area contributed by atoms with Crippen molar-refractivity contribution in [2.24, 2.45) is 0 Å². The summed E-state index contributed by atoms with van der Waals surface area (Å²) in [6, 6.07) is 19.1. The second-order valence-electron chi connectivity index (χ2n) is 3.84. The van der Waals surface area contributed by atoms with Crippen LogP contribution in [-0.2, 0) is 6.54 Å². The van der Waals surface area contributed by atoms with E-state index in [9.17, 15) is 0 Å². The Kier molecular flexibility index (Phi) is 3.83. The minimum atomic E-state index is 0.935. The number of rotatable bonds is 3. The third kappa shape index (κ3) is 2.98. The maximum absolute atomic E-state index is 2.36. The number of nitrogens with zero attached hydrogens (tertiary/aromatic N) is 1. The maximum Gasteiger partial charge on any atom is 0.0594 e. The maximum atomic E-state index is 2.36. The van der Waals surface area contributed by atoms with Gasteiger partial charge in [0.05, 0.1) is 29.4 Å². The van der Waals surface area contributed by atoms with E-state index in [1.165, 1.54) is 16.8 Å². The first-order valence-corrected chi connectivity index (χ1v) is 6.26. The van der Waals surface area contributed by atoms with Crippen LogP contribution in [0.3, 0.4) is 0 Å². The Morgan fingerprint density at radius 1 is 0.938 bits per heavy atom. The van der Waals surface area contributed by atoms with Crippen LogP contribution in [0.2, 0.25) is 0 Å². The zero-order chi connectivity index (χ0) is 11.4. The van der Waals surface area contributed by atoms with Gasteiger partial charge in [-0.1, -0.05) is 48.0 Å². The third-order valence-corrected chi connectivity index (χ3v) is 3.38. The van der Waals surface area contributed by atoms with Crippen LogP contribution in [0, 0.1) is 6.92 Å². The summed E-state index contributed by atoms with van der Waals surface area (Å²) in [5.74, 6) is 0. The molecule has 0 saturated carbocycles. The van der Waals surface area contributed by atoms with E-state index in [0.717, 1.165) is 6.54 Å². The van der Waals surface area contributed by atoms with Gasteiger partial charge in [0, 0.05) is 5.69 Å². The fourth-order valence-corrected chi connectivity index (χ4v) is 2.26. The molecular formula is C14H14IN. The van der Waals surface area contributed by atoms with Crippen LogP contribution in [-0.4, -0.2) is 0 Å². The van der Waals surface area contributed by atoms with Crippen LogP contribution in [0.15, 0.2) is 54.6 Å². The van der Waals surface area contributed by atoms with E-state index in [2.05, 4.69) is 81.4 Å². The summed E-state index contributed by atoms with van der Waals surface area (Å²) in [5, 5.41) is 0. The van der Waals surface area contributed by atoms with E-state index in [1.54, 1.807) is 0 Å². The molecule has 0 saturated heterocycles. The lowest BCUT2D eigenvalue weighted by molar-refractivity contribution is 1.08. The molecule has 0 aliphatic carbocycles. The lowest BCUT2D eigenvalue weighted by Gasteiger charge is -2.16. The zero-order valence-electron chi connectivity index (χ0n) is 9.23. The number of halogens is 1. The van der Waals surface area contributed by atoms with Gasteiger partial charge in [-0.25, -0.2) is 0 Å². The van der Waals surface area contributed by atoms with Gasteiger partial charge in [-0.05, 0) is 24.6 Å². The Balaban J connectivity index is 2.09. The molecule has 0 aliphatic rings. The second kappa shape index (κ2) is 5.34. The van der Waals surface area contributed by atoms with Gasteiger partial charge in [-0.3, -0.25) is 0 Å². The van der Waals surface area contributed by atoms with Crippen molar-refractivity contribution in [1.82, 2.24) is 0 Å². The zero-order valence-corrected chi connectivity index (χ0v) is 11.4. The lowest BCUT2D eigenvalue weighted by atomic mass is 10.2. The van der Waals surface area contributed by atoms with Crippen molar-refractivity contribution in [3.63, 3.8) is 0 Å². The van der Waals surface area contributed by atoms with Gasteiger partial charge in [0.15, 0.2) is 0 Å². The Labute approximate surface area is 111 Å². The standard InChI is InChI=1S/C14H14IN/c1-12-7-9-14(10-8-12)16(15)11-13-5-3-2-4-6-13/h2-10H,11H2,1H3. The van der Waals surface area contributed by atoms with Crippen molar-refractivity contribution < 1.29 is 0 Å². The summed E-state index contributed by atoms with van der Waals surface area (Å²) in [5.41, 5.74) is 3.88. The third-order valence-electron chi connectivity index (χ3n) is 2.48. The SMILES string of the molecule is Cc1ccc(N(I)Cc2ccccc2)cc1. The monoisotopic (exact) mass is 323 g/mol. The molecule has 2 heteroatoms. The van der Waals surface area contributed by atoms with Crippen molar-refractivity contribution in [1.29, 1.82) is 0 Å². The van der Waals surface area contributed by atoms with Crippen LogP contribution in [0.1, 0.15) is 11.1 Å². The minimum Gasteiger partial charge on any atom is -0.310 e. The number of hydrogen-bond donors (Lipinski definition) is 0. The van der Waals surface area contributed by atoms with Crippen molar-refractivity contribution in [3.05, 3.63) is 65.7 Å². The van der Waals surface area contributed by atoms with Crippen LogP contribution in [0.5, 0.6) is 0 Å². The molecule has 0 unspecified atom stereocenters. The summed E-state index contributed by atoms with van der Waals surface area (Å²) in [6.07, 6.45) is 0. The largest absolute Gasteiger partial charge is 0.310 e. The molecule has 0 amide bonds. The van der Waals surface area contributed by atoms with E-state index in [1.807, 2.05) is 6.07 Å². The average Bonchev–Trinajstić information content (AvgIpc) is 2.31. The average molecular weight is 323 g/mol. The molecule has 0 aromatic heterocycles. The van der Waals surface area contributed by atoms with Crippen LogP contribution < -0.4 is 3.11 Å². The highest BCUT2D eigenvalue weighted by atomic mass is 127. The Bertz CT molecular complexity index is 436. The molecule has 0 N–H and O–H groups in total. The van der Waals surface area contributed by atoms with Gasteiger partial charge in [-0.15, -0.1) is 0 Å². The fraction of sp³-hybridized carbons (Fsp3) is 0.143. The molecule has 0 fully saturated rings. The minimum absolute atomic E-state index is 0.935. The Morgan fingerprint density at radius 3 is 2.19 bits per heavy atom. The summed E-state index contributed by atoms with van der Waals surface area (Å²) >= 11 is 2.36.